The third kappa shape index (κ3) is 3.06. The molecule has 0 fully saturated rings. The lowest BCUT2D eigenvalue weighted by atomic mass is 10.0. The van der Waals surface area contributed by atoms with Gasteiger partial charge in [0.2, 0.25) is 0 Å². The van der Waals surface area contributed by atoms with Crippen molar-refractivity contribution >= 4 is 5.65 Å². The Morgan fingerprint density at radius 2 is 1.96 bits per heavy atom. The van der Waals surface area contributed by atoms with E-state index in [0.29, 0.717) is 17.9 Å². The van der Waals surface area contributed by atoms with Crippen LogP contribution in [0.2, 0.25) is 0 Å². The summed E-state index contributed by atoms with van der Waals surface area (Å²) in [5.74, 6) is 0. The monoisotopic (exact) mass is 363 g/mol. The highest BCUT2D eigenvalue weighted by Gasteiger charge is 2.18. The number of rotatable bonds is 5. The second-order valence-corrected chi connectivity index (χ2v) is 6.49. The summed E-state index contributed by atoms with van der Waals surface area (Å²) in [4.78, 5) is 17.5. The fraction of sp³-hybridized carbons (Fsp3) is 0.250. The van der Waals surface area contributed by atoms with Gasteiger partial charge in [-0.15, -0.1) is 0 Å². The van der Waals surface area contributed by atoms with E-state index in [-0.39, 0.29) is 5.56 Å². The van der Waals surface area contributed by atoms with E-state index in [1.165, 1.54) is 16.1 Å². The number of nitrogens with one attached hydrogen (secondary N) is 1. The molecule has 3 heterocycles. The Morgan fingerprint density at radius 3 is 2.63 bits per heavy atom. The van der Waals surface area contributed by atoms with Crippen LogP contribution < -0.4 is 5.56 Å². The van der Waals surface area contributed by atoms with Gasteiger partial charge in [0.15, 0.2) is 5.65 Å². The molecule has 0 aliphatic heterocycles. The Hall–Kier alpha value is -3.19. The normalized spacial score (nSPS) is 11.4. The lowest BCUT2D eigenvalue weighted by molar-refractivity contribution is 0.181. The lowest BCUT2D eigenvalue weighted by Crippen LogP contribution is -2.14. The number of hydrogen-bond donors (Lipinski definition) is 1. The number of fused-ring (bicyclic) bond motifs is 1. The maximum absolute atomic E-state index is 12.7. The highest BCUT2D eigenvalue weighted by Crippen LogP contribution is 2.29. The number of nitrogens with zero attached hydrogens (tertiary/aromatic N) is 4. The summed E-state index contributed by atoms with van der Waals surface area (Å²) in [7, 11) is 1.63. The van der Waals surface area contributed by atoms with Crippen LogP contribution in [0.5, 0.6) is 0 Å². The molecule has 1 aromatic carbocycles. The third-order valence-electron chi connectivity index (χ3n) is 4.57. The van der Waals surface area contributed by atoms with Crippen LogP contribution >= 0.6 is 0 Å². The van der Waals surface area contributed by atoms with Gasteiger partial charge < -0.3 is 4.74 Å². The molecule has 0 saturated carbocycles. The van der Waals surface area contributed by atoms with Crippen LogP contribution in [0.15, 0.2) is 47.5 Å². The number of hydrogen-bond acceptors (Lipinski definition) is 4. The first kappa shape index (κ1) is 17.2. The Bertz CT molecular complexity index is 1150. The maximum atomic E-state index is 12.7. The second kappa shape index (κ2) is 6.85. The summed E-state index contributed by atoms with van der Waals surface area (Å²) in [6, 6.07) is 9.68. The minimum atomic E-state index is -0.171. The molecule has 7 nitrogen and oxygen atoms in total. The molecule has 0 saturated heterocycles. The number of methoxy groups -OCH3 is 1. The average Bonchev–Trinajstić information content (AvgIpc) is 3.28. The zero-order valence-electron chi connectivity index (χ0n) is 15.6. The van der Waals surface area contributed by atoms with Gasteiger partial charge in [0.05, 0.1) is 24.2 Å². The summed E-state index contributed by atoms with van der Waals surface area (Å²) in [5.41, 5.74) is 5.68. The Balaban J connectivity index is 1.97. The van der Waals surface area contributed by atoms with E-state index in [9.17, 15) is 4.79 Å². The molecule has 27 heavy (non-hydrogen) atoms. The predicted octanol–water partition coefficient (Wildman–Crippen LogP) is 3.03. The van der Waals surface area contributed by atoms with Crippen LogP contribution in [0.1, 0.15) is 18.2 Å². The molecule has 0 amide bonds. The zero-order chi connectivity index (χ0) is 19.0. The number of H-pyrrole nitrogens is 1. The number of aromatic nitrogens is 5. The van der Waals surface area contributed by atoms with Gasteiger partial charge in [-0.05, 0) is 19.4 Å². The molecule has 3 aromatic heterocycles. The molecule has 0 bridgehead atoms. The van der Waals surface area contributed by atoms with Crippen LogP contribution in [0.3, 0.4) is 0 Å². The van der Waals surface area contributed by atoms with Crippen molar-refractivity contribution in [2.75, 3.05) is 7.11 Å². The van der Waals surface area contributed by atoms with E-state index in [2.05, 4.69) is 10.2 Å². The maximum Gasteiger partial charge on any atom is 0.273 e. The fourth-order valence-electron chi connectivity index (χ4n) is 3.17. The first-order valence-corrected chi connectivity index (χ1v) is 8.84. The summed E-state index contributed by atoms with van der Waals surface area (Å²) in [6.07, 6.45) is 3.63. The summed E-state index contributed by atoms with van der Waals surface area (Å²) in [6.45, 7) is 5.18. The smallest absolute Gasteiger partial charge is 0.273 e. The Labute approximate surface area is 156 Å². The first-order valence-electron chi connectivity index (χ1n) is 8.84. The largest absolute Gasteiger partial charge is 0.378 e. The zero-order valence-corrected chi connectivity index (χ0v) is 15.6. The van der Waals surface area contributed by atoms with E-state index < -0.39 is 0 Å². The van der Waals surface area contributed by atoms with Crippen molar-refractivity contribution < 1.29 is 4.74 Å². The van der Waals surface area contributed by atoms with Crippen molar-refractivity contribution in [3.05, 3.63) is 64.3 Å². The van der Waals surface area contributed by atoms with E-state index in [1.807, 2.05) is 49.0 Å². The molecule has 0 spiro atoms. The first-order chi connectivity index (χ1) is 13.1. The van der Waals surface area contributed by atoms with Crippen molar-refractivity contribution in [1.29, 1.82) is 0 Å². The van der Waals surface area contributed by atoms with E-state index in [0.717, 1.165) is 28.9 Å². The molecule has 4 rings (SSSR count). The molecule has 4 aromatic rings. The highest BCUT2D eigenvalue weighted by molar-refractivity contribution is 5.81. The van der Waals surface area contributed by atoms with Gasteiger partial charge in [-0.3, -0.25) is 14.6 Å². The fourth-order valence-corrected chi connectivity index (χ4v) is 3.17. The van der Waals surface area contributed by atoms with Crippen molar-refractivity contribution in [3.8, 4) is 22.4 Å². The molecule has 0 aliphatic carbocycles. The van der Waals surface area contributed by atoms with Gasteiger partial charge in [0.1, 0.15) is 0 Å². The Kier molecular flexibility index (Phi) is 4.37. The minimum absolute atomic E-state index is 0.171. The van der Waals surface area contributed by atoms with E-state index >= 15 is 0 Å². The van der Waals surface area contributed by atoms with Crippen LogP contribution in [0.25, 0.3) is 28.0 Å². The van der Waals surface area contributed by atoms with Crippen LogP contribution in [-0.2, 0) is 17.9 Å². The lowest BCUT2D eigenvalue weighted by Gasteiger charge is -2.04. The average molecular weight is 363 g/mol. The summed E-state index contributed by atoms with van der Waals surface area (Å²) >= 11 is 0. The van der Waals surface area contributed by atoms with Gasteiger partial charge in [-0.25, -0.2) is 9.50 Å². The van der Waals surface area contributed by atoms with Crippen molar-refractivity contribution in [2.45, 2.75) is 27.0 Å². The summed E-state index contributed by atoms with van der Waals surface area (Å²) in [5, 5.41) is 7.42. The number of benzene rings is 1. The highest BCUT2D eigenvalue weighted by atomic mass is 16.5. The molecular formula is C20H21N5O2. The van der Waals surface area contributed by atoms with Crippen LogP contribution in [-0.4, -0.2) is 31.5 Å². The molecule has 138 valence electrons. The molecule has 0 atom stereocenters. The Morgan fingerprint density at radius 1 is 1.19 bits per heavy atom. The molecule has 0 radical (unpaired) electrons. The van der Waals surface area contributed by atoms with Crippen molar-refractivity contribution in [2.24, 2.45) is 0 Å². The topological polar surface area (TPSA) is 77.2 Å². The van der Waals surface area contributed by atoms with Gasteiger partial charge in [-0.1, -0.05) is 29.8 Å². The molecule has 0 unspecified atom stereocenters. The minimum Gasteiger partial charge on any atom is -0.378 e. The molecule has 1 N–H and O–H groups in total. The van der Waals surface area contributed by atoms with Gasteiger partial charge in [0, 0.05) is 37.0 Å². The number of aromatic amines is 1. The van der Waals surface area contributed by atoms with Crippen molar-refractivity contribution in [1.82, 2.24) is 24.4 Å². The predicted molar refractivity (Wildman–Crippen MR) is 104 cm³/mol. The molecule has 7 heteroatoms. The number of aryl methyl sites for hydroxylation is 2. The number of ether oxygens (including phenoxy) is 1. The van der Waals surface area contributed by atoms with E-state index in [1.54, 1.807) is 13.3 Å². The quantitative estimate of drug-likeness (QED) is 0.591. The van der Waals surface area contributed by atoms with Crippen LogP contribution in [0, 0.1) is 6.92 Å². The van der Waals surface area contributed by atoms with Gasteiger partial charge >= 0.3 is 0 Å². The second-order valence-electron chi connectivity index (χ2n) is 6.49. The SMILES string of the molecule is CCn1cc(-c2cc(=O)n3[nH]c(COC)c(-c4ccc(C)cc4)c3n2)cn1. The van der Waals surface area contributed by atoms with Crippen molar-refractivity contribution in [3.63, 3.8) is 0 Å². The van der Waals surface area contributed by atoms with Gasteiger partial charge in [-0.2, -0.15) is 5.10 Å². The third-order valence-corrected chi connectivity index (χ3v) is 4.57. The summed E-state index contributed by atoms with van der Waals surface area (Å²) < 4.78 is 8.61. The molecule has 0 aliphatic rings. The molecular weight excluding hydrogens is 342 g/mol. The standard InChI is InChI=1S/C20H21N5O2/c1-4-24-11-15(10-21-24)16-9-18(26)25-20(22-16)19(17(23-25)12-27-3)14-7-5-13(2)6-8-14/h5-11,23H,4,12H2,1-3H3. The van der Waals surface area contributed by atoms with E-state index in [4.69, 9.17) is 9.72 Å². The van der Waals surface area contributed by atoms with Crippen LogP contribution in [0.4, 0.5) is 0 Å². The van der Waals surface area contributed by atoms with Gasteiger partial charge in [0.25, 0.3) is 5.56 Å².